The Kier molecular flexibility index (Phi) is 2.71. The average Bonchev–Trinajstić information content (AvgIpc) is 2.27. The molecule has 1 aromatic rings. The third-order valence-corrected chi connectivity index (χ3v) is 3.40. The molecule has 0 amide bonds. The highest BCUT2D eigenvalue weighted by Crippen LogP contribution is 2.46. The summed E-state index contributed by atoms with van der Waals surface area (Å²) in [6, 6.07) is 5.35. The quantitative estimate of drug-likeness (QED) is 0.623. The molecule has 1 saturated carbocycles. The van der Waals surface area contributed by atoms with Crippen molar-refractivity contribution in [3.05, 3.63) is 28.8 Å². The van der Waals surface area contributed by atoms with Gasteiger partial charge in [0, 0.05) is 0 Å². The highest BCUT2D eigenvalue weighted by molar-refractivity contribution is 5.52. The topological polar surface area (TPSA) is 73.5 Å². The van der Waals surface area contributed by atoms with Crippen molar-refractivity contribution >= 4 is 6.08 Å². The predicted molar refractivity (Wildman–Crippen MR) is 61.2 cm³/mol. The van der Waals surface area contributed by atoms with Gasteiger partial charge in [-0.2, -0.15) is 10.3 Å². The highest BCUT2D eigenvalue weighted by atomic mass is 16.3. The number of benzene rings is 1. The molecule has 0 unspecified atom stereocenters. The largest absolute Gasteiger partial charge is 0.506 e. The Labute approximate surface area is 99.2 Å². The Bertz CT molecular complexity index is 547. The maximum absolute atomic E-state index is 10.5. The molecule has 0 saturated heterocycles. The van der Waals surface area contributed by atoms with Gasteiger partial charge in [-0.3, -0.25) is 0 Å². The van der Waals surface area contributed by atoms with Crippen LogP contribution in [0.5, 0.6) is 5.75 Å². The van der Waals surface area contributed by atoms with Crippen molar-refractivity contribution in [2.75, 3.05) is 0 Å². The summed E-state index contributed by atoms with van der Waals surface area (Å²) in [5.74, 6) is 0.000746. The van der Waals surface area contributed by atoms with E-state index in [-0.39, 0.29) is 11.3 Å². The second-order valence-corrected chi connectivity index (χ2v) is 4.39. The van der Waals surface area contributed by atoms with E-state index in [0.29, 0.717) is 5.56 Å². The number of isocyanates is 1. The molecule has 86 valence electrons. The van der Waals surface area contributed by atoms with Gasteiger partial charge < -0.3 is 5.11 Å². The molecule has 1 N–H and O–H groups in total. The van der Waals surface area contributed by atoms with Crippen LogP contribution >= 0.6 is 0 Å². The van der Waals surface area contributed by atoms with Gasteiger partial charge in [-0.1, -0.05) is 0 Å². The third kappa shape index (κ3) is 1.71. The van der Waals surface area contributed by atoms with E-state index in [4.69, 9.17) is 5.26 Å². The van der Waals surface area contributed by atoms with E-state index < -0.39 is 5.54 Å². The molecule has 2 rings (SSSR count). The first kappa shape index (κ1) is 11.4. The van der Waals surface area contributed by atoms with Gasteiger partial charge in [0.2, 0.25) is 6.08 Å². The number of phenolic OH excluding ortho intramolecular Hbond substituents is 1. The minimum Gasteiger partial charge on any atom is -0.506 e. The molecular weight excluding hydrogens is 216 g/mol. The lowest BCUT2D eigenvalue weighted by atomic mass is 9.71. The van der Waals surface area contributed by atoms with Crippen molar-refractivity contribution in [3.63, 3.8) is 0 Å². The summed E-state index contributed by atoms with van der Waals surface area (Å²) in [6.45, 7) is 1.73. The first-order valence-corrected chi connectivity index (χ1v) is 5.46. The Hall–Kier alpha value is -2.11. The van der Waals surface area contributed by atoms with Crippen LogP contribution in [0.2, 0.25) is 0 Å². The zero-order valence-corrected chi connectivity index (χ0v) is 9.53. The summed E-state index contributed by atoms with van der Waals surface area (Å²) >= 11 is 0. The number of aromatic hydroxyl groups is 1. The van der Waals surface area contributed by atoms with Crippen molar-refractivity contribution in [1.29, 1.82) is 5.26 Å². The van der Waals surface area contributed by atoms with E-state index in [0.717, 1.165) is 24.8 Å². The van der Waals surface area contributed by atoms with Crippen LogP contribution in [0.15, 0.2) is 17.1 Å². The van der Waals surface area contributed by atoms with Crippen LogP contribution in [0.4, 0.5) is 0 Å². The van der Waals surface area contributed by atoms with Gasteiger partial charge >= 0.3 is 0 Å². The number of hydrogen-bond donors (Lipinski definition) is 1. The Balaban J connectivity index is 2.57. The molecule has 1 aliphatic rings. The number of nitriles is 1. The summed E-state index contributed by atoms with van der Waals surface area (Å²) in [4.78, 5) is 14.4. The zero-order chi connectivity index (χ0) is 12.5. The van der Waals surface area contributed by atoms with Gasteiger partial charge in [0.1, 0.15) is 11.8 Å². The monoisotopic (exact) mass is 228 g/mol. The lowest BCUT2D eigenvalue weighted by molar-refractivity contribution is 0.255. The van der Waals surface area contributed by atoms with Crippen LogP contribution in [-0.2, 0) is 10.3 Å². The maximum Gasteiger partial charge on any atom is 0.235 e. The molecule has 4 heteroatoms. The van der Waals surface area contributed by atoms with Crippen LogP contribution in [-0.4, -0.2) is 11.2 Å². The van der Waals surface area contributed by atoms with Crippen molar-refractivity contribution in [2.24, 2.45) is 4.99 Å². The Morgan fingerprint density at radius 2 is 2.18 bits per heavy atom. The van der Waals surface area contributed by atoms with Gasteiger partial charge in [-0.15, -0.1) is 0 Å². The summed E-state index contributed by atoms with van der Waals surface area (Å²) in [5, 5.41) is 18.6. The Morgan fingerprint density at radius 1 is 1.47 bits per heavy atom. The van der Waals surface area contributed by atoms with E-state index >= 15 is 0 Å². The van der Waals surface area contributed by atoms with Crippen molar-refractivity contribution in [1.82, 2.24) is 0 Å². The SMILES string of the molecule is Cc1cc(C2(N=C=O)CCC2)cc(C#N)c1O. The molecule has 0 aromatic heterocycles. The third-order valence-electron chi connectivity index (χ3n) is 3.40. The first-order valence-electron chi connectivity index (χ1n) is 5.46. The lowest BCUT2D eigenvalue weighted by Gasteiger charge is -2.37. The summed E-state index contributed by atoms with van der Waals surface area (Å²) < 4.78 is 0. The number of rotatable bonds is 2. The van der Waals surface area contributed by atoms with E-state index in [1.807, 2.05) is 6.07 Å². The second-order valence-electron chi connectivity index (χ2n) is 4.39. The van der Waals surface area contributed by atoms with Crippen LogP contribution in [0.3, 0.4) is 0 Å². The molecule has 0 atom stereocenters. The molecule has 0 heterocycles. The fourth-order valence-electron chi connectivity index (χ4n) is 2.20. The summed E-state index contributed by atoms with van der Waals surface area (Å²) in [7, 11) is 0. The molecular formula is C13H12N2O2. The number of aryl methyl sites for hydroxylation is 1. The number of carbonyl (C=O) groups excluding carboxylic acids is 1. The minimum absolute atomic E-state index is 0.000746. The van der Waals surface area contributed by atoms with Gasteiger partial charge in [0.05, 0.1) is 11.1 Å². The fourth-order valence-corrected chi connectivity index (χ4v) is 2.20. The number of nitrogens with zero attached hydrogens (tertiary/aromatic N) is 2. The van der Waals surface area contributed by atoms with Crippen LogP contribution in [0.1, 0.15) is 36.0 Å². The summed E-state index contributed by atoms with van der Waals surface area (Å²) in [5.41, 5.74) is 1.16. The summed E-state index contributed by atoms with van der Waals surface area (Å²) in [6.07, 6.45) is 4.20. The molecule has 1 fully saturated rings. The van der Waals surface area contributed by atoms with Crippen molar-refractivity contribution in [3.8, 4) is 11.8 Å². The maximum atomic E-state index is 10.5. The van der Waals surface area contributed by atoms with Crippen molar-refractivity contribution in [2.45, 2.75) is 31.7 Å². The second kappa shape index (κ2) is 4.04. The van der Waals surface area contributed by atoms with E-state index in [1.165, 1.54) is 0 Å². The normalized spacial score (nSPS) is 16.5. The van der Waals surface area contributed by atoms with Gasteiger partial charge in [-0.25, -0.2) is 4.79 Å². The molecule has 17 heavy (non-hydrogen) atoms. The standard InChI is InChI=1S/C13H12N2O2/c1-9-5-11(6-10(7-14)12(9)17)13(15-8-16)3-2-4-13/h5-6,17H,2-4H2,1H3. The first-order chi connectivity index (χ1) is 8.13. The molecule has 0 aliphatic heterocycles. The lowest BCUT2D eigenvalue weighted by Crippen LogP contribution is -2.32. The molecule has 4 nitrogen and oxygen atoms in total. The highest BCUT2D eigenvalue weighted by Gasteiger charge is 2.39. The average molecular weight is 228 g/mol. The van der Waals surface area contributed by atoms with Crippen LogP contribution < -0.4 is 0 Å². The van der Waals surface area contributed by atoms with Crippen LogP contribution in [0, 0.1) is 18.3 Å². The number of hydrogen-bond acceptors (Lipinski definition) is 4. The predicted octanol–water partition coefficient (Wildman–Crippen LogP) is 2.29. The van der Waals surface area contributed by atoms with Gasteiger partial charge in [-0.05, 0) is 49.4 Å². The molecule has 0 bridgehead atoms. The van der Waals surface area contributed by atoms with E-state index in [2.05, 4.69) is 4.99 Å². The molecule has 1 aromatic carbocycles. The number of aliphatic imine (C=N–C) groups is 1. The molecule has 1 aliphatic carbocycles. The molecule has 0 radical (unpaired) electrons. The van der Waals surface area contributed by atoms with E-state index in [1.54, 1.807) is 25.1 Å². The zero-order valence-electron chi connectivity index (χ0n) is 9.53. The van der Waals surface area contributed by atoms with Crippen molar-refractivity contribution < 1.29 is 9.90 Å². The van der Waals surface area contributed by atoms with E-state index in [9.17, 15) is 9.90 Å². The van der Waals surface area contributed by atoms with Gasteiger partial charge in [0.15, 0.2) is 0 Å². The molecule has 0 spiro atoms. The smallest absolute Gasteiger partial charge is 0.235 e. The van der Waals surface area contributed by atoms with Gasteiger partial charge in [0.25, 0.3) is 0 Å². The fraction of sp³-hybridized carbons (Fsp3) is 0.385. The van der Waals surface area contributed by atoms with Crippen LogP contribution in [0.25, 0.3) is 0 Å². The minimum atomic E-state index is -0.522. The number of phenols is 1. The Morgan fingerprint density at radius 3 is 2.65 bits per heavy atom.